The van der Waals surface area contributed by atoms with E-state index in [9.17, 15) is 17.6 Å². The third-order valence-corrected chi connectivity index (χ3v) is 7.22. The summed E-state index contributed by atoms with van der Waals surface area (Å²) < 4.78 is 46.6. The number of sulfonamides is 1. The van der Waals surface area contributed by atoms with E-state index in [-0.39, 0.29) is 33.5 Å². The summed E-state index contributed by atoms with van der Waals surface area (Å²) in [4.78, 5) is 12.9. The van der Waals surface area contributed by atoms with Gasteiger partial charge in [0.15, 0.2) is 0 Å². The third kappa shape index (κ3) is 7.09. The van der Waals surface area contributed by atoms with Gasteiger partial charge in [0.05, 0.1) is 15.5 Å². The molecule has 0 radical (unpaired) electrons. The molecule has 0 aliphatic heterocycles. The molecule has 4 aromatic rings. The maximum absolute atomic E-state index is 13.0. The molecule has 0 spiro atoms. The molecule has 9 heteroatoms. The molecule has 1 amide bonds. The van der Waals surface area contributed by atoms with Gasteiger partial charge in [0.25, 0.3) is 15.9 Å². The summed E-state index contributed by atoms with van der Waals surface area (Å²) >= 11 is 6.22. The lowest BCUT2D eigenvalue weighted by Crippen LogP contribution is -2.23. The number of hydrogen-bond acceptors (Lipinski definition) is 4. The summed E-state index contributed by atoms with van der Waals surface area (Å²) in [6.07, 6.45) is 0. The average Bonchev–Trinajstić information content (AvgIpc) is 2.89. The van der Waals surface area contributed by atoms with Crippen molar-refractivity contribution < 1.29 is 22.3 Å². The lowest BCUT2D eigenvalue weighted by atomic mass is 10.1. The Morgan fingerprint density at radius 1 is 0.892 bits per heavy atom. The molecule has 0 saturated heterocycles. The maximum Gasteiger partial charge on any atom is 0.261 e. The number of anilines is 1. The first kappa shape index (κ1) is 26.2. The lowest BCUT2D eigenvalue weighted by molar-refractivity contribution is 0.0951. The standard InChI is InChI=1S/C28H24ClFN2O4S/c1-19-2-13-25(14-3-19)37(34,35)32-23-10-15-27(29)26(16-23)28(33)31-17-20-6-11-24(12-7-20)36-18-21-4-8-22(30)9-5-21/h2-16,32H,17-18H2,1H3,(H,31,33). The highest BCUT2D eigenvalue weighted by Gasteiger charge is 2.17. The van der Waals surface area contributed by atoms with Crippen molar-refractivity contribution in [2.24, 2.45) is 0 Å². The molecule has 0 aliphatic carbocycles. The largest absolute Gasteiger partial charge is 0.489 e. The molecule has 0 bridgehead atoms. The Kier molecular flexibility index (Phi) is 8.11. The number of amides is 1. The van der Waals surface area contributed by atoms with Gasteiger partial charge in [-0.25, -0.2) is 12.8 Å². The fourth-order valence-corrected chi connectivity index (χ4v) is 4.68. The van der Waals surface area contributed by atoms with Gasteiger partial charge in [0.2, 0.25) is 0 Å². The van der Waals surface area contributed by atoms with Crippen LogP contribution in [0.15, 0.2) is 95.9 Å². The second-order valence-corrected chi connectivity index (χ2v) is 10.4. The molecule has 0 atom stereocenters. The first-order valence-corrected chi connectivity index (χ1v) is 13.2. The topological polar surface area (TPSA) is 84.5 Å². The van der Waals surface area contributed by atoms with Crippen LogP contribution in [0.3, 0.4) is 0 Å². The Hall–Kier alpha value is -3.88. The van der Waals surface area contributed by atoms with Crippen molar-refractivity contribution in [2.45, 2.75) is 25.0 Å². The molecule has 4 rings (SSSR count). The van der Waals surface area contributed by atoms with Gasteiger partial charge in [-0.15, -0.1) is 0 Å². The monoisotopic (exact) mass is 538 g/mol. The van der Waals surface area contributed by atoms with Crippen LogP contribution >= 0.6 is 11.6 Å². The van der Waals surface area contributed by atoms with E-state index in [1.54, 1.807) is 36.4 Å². The maximum atomic E-state index is 13.0. The van der Waals surface area contributed by atoms with Gasteiger partial charge in [0.1, 0.15) is 18.2 Å². The summed E-state index contributed by atoms with van der Waals surface area (Å²) in [6, 6.07) is 24.1. The van der Waals surface area contributed by atoms with Crippen molar-refractivity contribution in [1.29, 1.82) is 0 Å². The average molecular weight is 539 g/mol. The van der Waals surface area contributed by atoms with Crippen molar-refractivity contribution in [3.05, 3.63) is 124 Å². The summed E-state index contributed by atoms with van der Waals surface area (Å²) in [5.41, 5.74) is 2.98. The van der Waals surface area contributed by atoms with Crippen LogP contribution in [-0.4, -0.2) is 14.3 Å². The van der Waals surface area contributed by atoms with Crippen LogP contribution in [0.1, 0.15) is 27.0 Å². The summed E-state index contributed by atoms with van der Waals surface area (Å²) in [7, 11) is -3.82. The molecule has 0 unspecified atom stereocenters. The van der Waals surface area contributed by atoms with Gasteiger partial charge < -0.3 is 10.1 Å². The van der Waals surface area contributed by atoms with Crippen LogP contribution in [0.25, 0.3) is 0 Å². The zero-order valence-corrected chi connectivity index (χ0v) is 21.4. The van der Waals surface area contributed by atoms with E-state index in [0.29, 0.717) is 12.4 Å². The minimum absolute atomic E-state index is 0.115. The van der Waals surface area contributed by atoms with Crippen LogP contribution in [0, 0.1) is 12.7 Å². The van der Waals surface area contributed by atoms with Gasteiger partial charge in [-0.1, -0.05) is 53.6 Å². The van der Waals surface area contributed by atoms with Crippen molar-refractivity contribution in [3.8, 4) is 5.75 Å². The van der Waals surface area contributed by atoms with Gasteiger partial charge in [-0.05, 0) is 72.6 Å². The molecular weight excluding hydrogens is 515 g/mol. The molecule has 6 nitrogen and oxygen atoms in total. The predicted molar refractivity (Wildman–Crippen MR) is 142 cm³/mol. The third-order valence-electron chi connectivity index (χ3n) is 5.49. The van der Waals surface area contributed by atoms with Crippen LogP contribution in [0.2, 0.25) is 5.02 Å². The van der Waals surface area contributed by atoms with E-state index in [4.69, 9.17) is 16.3 Å². The quantitative estimate of drug-likeness (QED) is 0.270. The molecule has 0 saturated carbocycles. The molecule has 190 valence electrons. The van der Waals surface area contributed by atoms with Crippen molar-refractivity contribution in [1.82, 2.24) is 5.32 Å². The molecule has 4 aromatic carbocycles. The highest BCUT2D eigenvalue weighted by Crippen LogP contribution is 2.23. The van der Waals surface area contributed by atoms with E-state index in [0.717, 1.165) is 16.7 Å². The molecule has 0 aliphatic rings. The van der Waals surface area contributed by atoms with Gasteiger partial charge in [0, 0.05) is 12.2 Å². The molecule has 2 N–H and O–H groups in total. The van der Waals surface area contributed by atoms with Crippen molar-refractivity contribution in [2.75, 3.05) is 4.72 Å². The van der Waals surface area contributed by atoms with Crippen molar-refractivity contribution in [3.63, 3.8) is 0 Å². The first-order valence-electron chi connectivity index (χ1n) is 11.3. The summed E-state index contributed by atoms with van der Waals surface area (Å²) in [5, 5.41) is 2.98. The zero-order chi connectivity index (χ0) is 26.4. The Labute approximate surface area is 220 Å². The van der Waals surface area contributed by atoms with Gasteiger partial charge >= 0.3 is 0 Å². The Bertz CT molecular complexity index is 1490. The Morgan fingerprint density at radius 2 is 1.54 bits per heavy atom. The van der Waals surface area contributed by atoms with Crippen LogP contribution < -0.4 is 14.8 Å². The molecule has 0 aromatic heterocycles. The summed E-state index contributed by atoms with van der Waals surface area (Å²) in [5.74, 6) is -0.110. The number of rotatable bonds is 9. The van der Waals surface area contributed by atoms with E-state index in [2.05, 4.69) is 10.0 Å². The molecule has 0 heterocycles. The fraction of sp³-hybridized carbons (Fsp3) is 0.107. The number of ether oxygens (including phenoxy) is 1. The number of carbonyl (C=O) groups excluding carboxylic acids is 1. The normalized spacial score (nSPS) is 11.1. The first-order chi connectivity index (χ1) is 17.7. The number of hydrogen-bond donors (Lipinski definition) is 2. The second kappa shape index (κ2) is 11.5. The van der Waals surface area contributed by atoms with Crippen LogP contribution in [0.5, 0.6) is 5.75 Å². The van der Waals surface area contributed by atoms with E-state index < -0.39 is 15.9 Å². The predicted octanol–water partition coefficient (Wildman–Crippen LogP) is 6.10. The Morgan fingerprint density at radius 3 is 2.22 bits per heavy atom. The fourth-order valence-electron chi connectivity index (χ4n) is 3.42. The zero-order valence-electron chi connectivity index (χ0n) is 19.9. The second-order valence-electron chi connectivity index (χ2n) is 8.35. The number of nitrogens with one attached hydrogen (secondary N) is 2. The van der Waals surface area contributed by atoms with Crippen LogP contribution in [0.4, 0.5) is 10.1 Å². The minimum Gasteiger partial charge on any atom is -0.489 e. The van der Waals surface area contributed by atoms with E-state index in [1.807, 2.05) is 19.1 Å². The van der Waals surface area contributed by atoms with Crippen LogP contribution in [-0.2, 0) is 23.2 Å². The van der Waals surface area contributed by atoms with Gasteiger partial charge in [-0.3, -0.25) is 9.52 Å². The molecular formula is C28H24ClFN2O4S. The van der Waals surface area contributed by atoms with Crippen molar-refractivity contribution >= 4 is 33.2 Å². The highest BCUT2D eigenvalue weighted by molar-refractivity contribution is 7.92. The minimum atomic E-state index is -3.82. The Balaban J connectivity index is 1.36. The highest BCUT2D eigenvalue weighted by atomic mass is 35.5. The van der Waals surface area contributed by atoms with E-state index in [1.165, 1.54) is 42.5 Å². The summed E-state index contributed by atoms with van der Waals surface area (Å²) in [6.45, 7) is 2.40. The number of benzene rings is 4. The number of carbonyl (C=O) groups is 1. The van der Waals surface area contributed by atoms with Gasteiger partial charge in [-0.2, -0.15) is 0 Å². The number of halogens is 2. The van der Waals surface area contributed by atoms with E-state index >= 15 is 0 Å². The molecule has 37 heavy (non-hydrogen) atoms. The SMILES string of the molecule is Cc1ccc(S(=O)(=O)Nc2ccc(Cl)c(C(=O)NCc3ccc(OCc4ccc(F)cc4)cc3)c2)cc1. The molecule has 0 fully saturated rings. The smallest absolute Gasteiger partial charge is 0.261 e. The lowest BCUT2D eigenvalue weighted by Gasteiger charge is -2.12. The number of aryl methyl sites for hydroxylation is 1.